The lowest BCUT2D eigenvalue weighted by Crippen LogP contribution is -2.24. The molecule has 0 atom stereocenters. The van der Waals surface area contributed by atoms with Crippen molar-refractivity contribution in [3.8, 4) is 44.5 Å². The molecule has 0 saturated heterocycles. The molecule has 254 valence electrons. The van der Waals surface area contributed by atoms with Crippen LogP contribution in [0, 0.1) is 0 Å². The number of benzene rings is 8. The SMILES string of the molecule is CC1(C)c2ccccc2-c2ccc(N(c3ccc(-c4ccccc4)cc3)c3ccc4cccc5c4c3-c3cc(-c4ccccc4)ccc3C5(C)C)cc21. The Morgan fingerprint density at radius 3 is 1.68 bits per heavy atom. The minimum atomic E-state index is -0.165. The molecule has 0 unspecified atom stereocenters. The largest absolute Gasteiger partial charge is 0.310 e. The summed E-state index contributed by atoms with van der Waals surface area (Å²) in [7, 11) is 0. The van der Waals surface area contributed by atoms with Gasteiger partial charge in [-0.1, -0.05) is 167 Å². The van der Waals surface area contributed by atoms with Crippen molar-refractivity contribution < 1.29 is 0 Å². The van der Waals surface area contributed by atoms with Crippen molar-refractivity contribution in [2.75, 3.05) is 4.90 Å². The van der Waals surface area contributed by atoms with E-state index in [2.05, 4.69) is 209 Å². The maximum atomic E-state index is 2.51. The first-order valence-electron chi connectivity index (χ1n) is 18.8. The predicted molar refractivity (Wildman–Crippen MR) is 225 cm³/mol. The van der Waals surface area contributed by atoms with Crippen molar-refractivity contribution in [3.63, 3.8) is 0 Å². The van der Waals surface area contributed by atoms with Gasteiger partial charge in [-0.05, 0) is 108 Å². The van der Waals surface area contributed by atoms with Gasteiger partial charge >= 0.3 is 0 Å². The Balaban J connectivity index is 1.25. The Hall–Kier alpha value is -6.18. The number of nitrogens with zero attached hydrogens (tertiary/aromatic N) is 1. The van der Waals surface area contributed by atoms with Crippen LogP contribution in [-0.4, -0.2) is 0 Å². The monoisotopic (exact) mass is 679 g/mol. The Morgan fingerprint density at radius 2 is 0.925 bits per heavy atom. The Morgan fingerprint density at radius 1 is 0.358 bits per heavy atom. The molecule has 2 aliphatic carbocycles. The molecule has 8 aromatic carbocycles. The number of rotatable bonds is 5. The van der Waals surface area contributed by atoms with Gasteiger partial charge in [0.05, 0.1) is 5.69 Å². The van der Waals surface area contributed by atoms with Gasteiger partial charge in [-0.2, -0.15) is 0 Å². The van der Waals surface area contributed by atoms with E-state index in [1.807, 2.05) is 0 Å². The number of hydrogen-bond acceptors (Lipinski definition) is 1. The van der Waals surface area contributed by atoms with E-state index < -0.39 is 0 Å². The van der Waals surface area contributed by atoms with Gasteiger partial charge in [-0.3, -0.25) is 0 Å². The molecule has 10 rings (SSSR count). The van der Waals surface area contributed by atoms with Crippen molar-refractivity contribution in [1.29, 1.82) is 0 Å². The summed E-state index contributed by atoms with van der Waals surface area (Å²) in [6, 6.07) is 65.3. The van der Waals surface area contributed by atoms with Crippen LogP contribution in [0.15, 0.2) is 176 Å². The van der Waals surface area contributed by atoms with E-state index in [1.165, 1.54) is 83.2 Å². The van der Waals surface area contributed by atoms with E-state index in [-0.39, 0.29) is 10.8 Å². The molecular formula is C52H41N. The molecule has 0 aromatic heterocycles. The summed E-state index contributed by atoms with van der Waals surface area (Å²) in [6.45, 7) is 9.52. The highest BCUT2D eigenvalue weighted by atomic mass is 15.1. The molecular weight excluding hydrogens is 639 g/mol. The number of anilines is 3. The first-order valence-corrected chi connectivity index (χ1v) is 18.8. The fourth-order valence-electron chi connectivity index (χ4n) is 9.29. The fourth-order valence-corrected chi connectivity index (χ4v) is 9.29. The van der Waals surface area contributed by atoms with E-state index in [4.69, 9.17) is 0 Å². The van der Waals surface area contributed by atoms with Gasteiger partial charge in [0.2, 0.25) is 0 Å². The van der Waals surface area contributed by atoms with E-state index >= 15 is 0 Å². The molecule has 0 bridgehead atoms. The lowest BCUT2D eigenvalue weighted by molar-refractivity contribution is 0.645. The van der Waals surface area contributed by atoms with E-state index in [1.54, 1.807) is 0 Å². The highest BCUT2D eigenvalue weighted by Gasteiger charge is 2.38. The number of hydrogen-bond donors (Lipinski definition) is 0. The van der Waals surface area contributed by atoms with Crippen molar-refractivity contribution in [1.82, 2.24) is 0 Å². The van der Waals surface area contributed by atoms with Crippen LogP contribution in [0.2, 0.25) is 0 Å². The third-order valence-electron chi connectivity index (χ3n) is 12.1. The molecule has 0 amide bonds. The molecule has 0 fully saturated rings. The molecule has 0 saturated carbocycles. The predicted octanol–water partition coefficient (Wildman–Crippen LogP) is 14.3. The molecule has 0 heterocycles. The summed E-state index contributed by atoms with van der Waals surface area (Å²) in [4.78, 5) is 2.51. The summed E-state index contributed by atoms with van der Waals surface area (Å²) in [5.74, 6) is 0. The van der Waals surface area contributed by atoms with Crippen LogP contribution in [0.3, 0.4) is 0 Å². The average molecular weight is 680 g/mol. The van der Waals surface area contributed by atoms with Crippen LogP contribution in [0.25, 0.3) is 55.3 Å². The fraction of sp³-hybridized carbons (Fsp3) is 0.115. The zero-order chi connectivity index (χ0) is 35.9. The van der Waals surface area contributed by atoms with Crippen molar-refractivity contribution in [2.24, 2.45) is 0 Å². The number of fused-ring (bicyclic) bond motifs is 5. The summed E-state index contributed by atoms with van der Waals surface area (Å²) in [5, 5.41) is 2.61. The molecule has 2 aliphatic rings. The van der Waals surface area contributed by atoms with Crippen molar-refractivity contribution >= 4 is 27.8 Å². The average Bonchev–Trinajstić information content (AvgIpc) is 3.43. The Kier molecular flexibility index (Phi) is 6.94. The molecule has 8 aromatic rings. The van der Waals surface area contributed by atoms with E-state index in [9.17, 15) is 0 Å². The standard InChI is InChI=1S/C52H41N/c1-51(2)45-30-24-38(35-16-9-6-10-17-35)32-43(45)50-48(31-25-37-18-13-21-46(51)49(37)50)53(39-26-22-36(23-27-39)34-14-7-5-8-15-34)40-28-29-42-41-19-11-12-20-44(41)52(3,4)47(42)33-40/h5-33H,1-4H3. The molecule has 1 nitrogen and oxygen atoms in total. The quantitative estimate of drug-likeness (QED) is 0.175. The van der Waals surface area contributed by atoms with Crippen LogP contribution < -0.4 is 4.90 Å². The van der Waals surface area contributed by atoms with Crippen molar-refractivity contribution in [3.05, 3.63) is 198 Å². The minimum absolute atomic E-state index is 0.114. The van der Waals surface area contributed by atoms with Gasteiger partial charge in [0.25, 0.3) is 0 Å². The van der Waals surface area contributed by atoms with Crippen molar-refractivity contribution in [2.45, 2.75) is 38.5 Å². The zero-order valence-corrected chi connectivity index (χ0v) is 30.7. The summed E-state index contributed by atoms with van der Waals surface area (Å²) in [5.41, 5.74) is 18.8. The van der Waals surface area contributed by atoms with Crippen LogP contribution in [0.4, 0.5) is 17.1 Å². The molecule has 0 spiro atoms. The molecule has 0 N–H and O–H groups in total. The summed E-state index contributed by atoms with van der Waals surface area (Å²) in [6.07, 6.45) is 0. The Labute approximate surface area is 312 Å². The topological polar surface area (TPSA) is 3.24 Å². The van der Waals surface area contributed by atoms with Gasteiger partial charge in [-0.25, -0.2) is 0 Å². The van der Waals surface area contributed by atoms with Crippen LogP contribution in [0.5, 0.6) is 0 Å². The first-order chi connectivity index (χ1) is 25.8. The molecule has 0 radical (unpaired) electrons. The minimum Gasteiger partial charge on any atom is -0.310 e. The third kappa shape index (κ3) is 4.77. The van der Waals surface area contributed by atoms with E-state index in [0.717, 1.165) is 11.4 Å². The third-order valence-corrected chi connectivity index (χ3v) is 12.1. The highest BCUT2D eigenvalue weighted by Crippen LogP contribution is 2.56. The van der Waals surface area contributed by atoms with Gasteiger partial charge in [0.15, 0.2) is 0 Å². The summed E-state index contributed by atoms with van der Waals surface area (Å²) < 4.78 is 0. The zero-order valence-electron chi connectivity index (χ0n) is 30.7. The van der Waals surface area contributed by atoms with Crippen LogP contribution in [-0.2, 0) is 10.8 Å². The summed E-state index contributed by atoms with van der Waals surface area (Å²) >= 11 is 0. The van der Waals surface area contributed by atoms with Crippen LogP contribution >= 0.6 is 0 Å². The van der Waals surface area contributed by atoms with Gasteiger partial charge in [-0.15, -0.1) is 0 Å². The molecule has 0 aliphatic heterocycles. The smallest absolute Gasteiger partial charge is 0.0546 e. The lowest BCUT2D eigenvalue weighted by Gasteiger charge is -2.38. The first kappa shape index (κ1) is 31.5. The molecule has 53 heavy (non-hydrogen) atoms. The normalized spacial score (nSPS) is 14.3. The second-order valence-corrected chi connectivity index (χ2v) is 15.8. The lowest BCUT2D eigenvalue weighted by atomic mass is 9.67. The highest BCUT2D eigenvalue weighted by molar-refractivity contribution is 6.10. The van der Waals surface area contributed by atoms with E-state index in [0.29, 0.717) is 0 Å². The van der Waals surface area contributed by atoms with Crippen LogP contribution in [0.1, 0.15) is 49.9 Å². The Bertz CT molecular complexity index is 2700. The molecule has 1 heteroatoms. The van der Waals surface area contributed by atoms with Gasteiger partial charge in [0.1, 0.15) is 0 Å². The van der Waals surface area contributed by atoms with Gasteiger partial charge < -0.3 is 4.90 Å². The second kappa shape index (κ2) is 11.7. The maximum absolute atomic E-state index is 2.51. The van der Waals surface area contributed by atoms with Gasteiger partial charge in [0, 0.05) is 27.8 Å². The maximum Gasteiger partial charge on any atom is 0.0546 e. The second-order valence-electron chi connectivity index (χ2n) is 15.8.